The quantitative estimate of drug-likeness (QED) is 0.213. The van der Waals surface area contributed by atoms with Gasteiger partial charge in [0.25, 0.3) is 0 Å². The van der Waals surface area contributed by atoms with Gasteiger partial charge in [-0.1, -0.05) is 12.8 Å². The van der Waals surface area contributed by atoms with Crippen LogP contribution in [0.4, 0.5) is 24.7 Å². The molecule has 16 heteroatoms. The number of carbonyl (C=O) groups excluding carboxylic acids is 1. The summed E-state index contributed by atoms with van der Waals surface area (Å²) in [5.41, 5.74) is 2.22. The average molecular weight is 730 g/mol. The van der Waals surface area contributed by atoms with Gasteiger partial charge in [0.05, 0.1) is 41.6 Å². The van der Waals surface area contributed by atoms with Crippen LogP contribution in [0.2, 0.25) is 0 Å². The first-order valence-corrected chi connectivity index (χ1v) is 17.6. The summed E-state index contributed by atoms with van der Waals surface area (Å²) in [6, 6.07) is 3.08. The van der Waals surface area contributed by atoms with Gasteiger partial charge in [0.1, 0.15) is 17.0 Å². The smallest absolute Gasteiger partial charge is 0.550 e. The number of aliphatic carboxylic acids is 1. The first-order valence-electron chi connectivity index (χ1n) is 17.6. The largest absolute Gasteiger partial charge is 1.00 e. The van der Waals surface area contributed by atoms with Crippen molar-refractivity contribution in [3.05, 3.63) is 42.0 Å². The maximum Gasteiger partial charge on any atom is 1.00 e. The fourth-order valence-electron chi connectivity index (χ4n) is 7.85. The number of piperazine rings is 1. The van der Waals surface area contributed by atoms with Crippen LogP contribution in [0, 0.1) is 5.41 Å². The number of hydrogen-bond donors (Lipinski definition) is 1. The SMILES string of the molecule is COCC1(CN(C)c2cc(-c3cnc(C4CC4)c(C(F)(F)F)c3)nc3nc(-c4cnc(N5CCN(CCC(=O)[O-])C[C@H]5C)cn4)[nH]c23)CCCC1.[Na+]. The molecule has 0 aromatic carbocycles. The van der Waals surface area contributed by atoms with E-state index in [0.717, 1.165) is 31.4 Å². The molecule has 0 radical (unpaired) electrons. The van der Waals surface area contributed by atoms with E-state index < -0.39 is 17.7 Å². The van der Waals surface area contributed by atoms with E-state index in [4.69, 9.17) is 19.7 Å². The van der Waals surface area contributed by atoms with Crippen molar-refractivity contribution in [1.29, 1.82) is 0 Å². The van der Waals surface area contributed by atoms with Gasteiger partial charge in [-0.25, -0.2) is 19.9 Å². The van der Waals surface area contributed by atoms with Crippen molar-refractivity contribution in [2.24, 2.45) is 5.41 Å². The Morgan fingerprint density at radius 2 is 1.85 bits per heavy atom. The number of nitrogens with zero attached hydrogens (tertiary/aromatic N) is 8. The van der Waals surface area contributed by atoms with Gasteiger partial charge in [-0.2, -0.15) is 13.2 Å². The van der Waals surface area contributed by atoms with E-state index in [1.54, 1.807) is 19.5 Å². The number of pyridine rings is 2. The van der Waals surface area contributed by atoms with E-state index in [1.165, 1.54) is 12.3 Å². The van der Waals surface area contributed by atoms with Crippen LogP contribution in [0.5, 0.6) is 0 Å². The van der Waals surface area contributed by atoms with E-state index in [9.17, 15) is 23.1 Å². The van der Waals surface area contributed by atoms with Gasteiger partial charge in [-0.05, 0) is 51.2 Å². The van der Waals surface area contributed by atoms with Crippen LogP contribution < -0.4 is 44.5 Å². The minimum absolute atomic E-state index is 0. The number of carbonyl (C=O) groups is 1. The molecule has 12 nitrogen and oxygen atoms in total. The molecule has 2 saturated carbocycles. The molecule has 0 unspecified atom stereocenters. The molecule has 2 aliphatic carbocycles. The van der Waals surface area contributed by atoms with Crippen molar-refractivity contribution in [2.75, 3.05) is 63.3 Å². The molecule has 272 valence electrons. The van der Waals surface area contributed by atoms with Gasteiger partial charge in [0.2, 0.25) is 0 Å². The molecule has 0 amide bonds. The number of imidazole rings is 1. The molecule has 1 aliphatic heterocycles. The zero-order valence-corrected chi connectivity index (χ0v) is 32.2. The average Bonchev–Trinajstić information content (AvgIpc) is 3.70. The molecule has 1 N–H and O–H groups in total. The Labute approximate surface area is 322 Å². The second-order valence-electron chi connectivity index (χ2n) is 14.5. The number of methoxy groups -OCH3 is 1. The number of carboxylic acid groups (broad SMARTS) is 1. The Hall–Kier alpha value is -3.37. The van der Waals surface area contributed by atoms with Gasteiger partial charge in [0, 0.05) is 82.0 Å². The summed E-state index contributed by atoms with van der Waals surface area (Å²) in [6.45, 7) is 5.88. The number of ether oxygens (including phenoxy) is 1. The predicted octanol–water partition coefficient (Wildman–Crippen LogP) is 1.67. The predicted molar refractivity (Wildman–Crippen MR) is 184 cm³/mol. The maximum atomic E-state index is 14.2. The normalized spacial score (nSPS) is 19.2. The number of hydrogen-bond acceptors (Lipinski definition) is 11. The van der Waals surface area contributed by atoms with E-state index >= 15 is 0 Å². The number of rotatable bonds is 12. The van der Waals surface area contributed by atoms with E-state index in [1.807, 2.05) is 13.1 Å². The third-order valence-corrected chi connectivity index (χ3v) is 10.5. The number of nitrogens with one attached hydrogen (secondary N) is 1. The Kier molecular flexibility index (Phi) is 11.5. The number of aromatic nitrogens is 6. The monoisotopic (exact) mass is 729 g/mol. The van der Waals surface area contributed by atoms with Gasteiger partial charge < -0.3 is 29.4 Å². The molecule has 7 rings (SSSR count). The third-order valence-electron chi connectivity index (χ3n) is 10.5. The first kappa shape index (κ1) is 38.4. The van der Waals surface area contributed by atoms with E-state index in [-0.39, 0.29) is 64.6 Å². The summed E-state index contributed by atoms with van der Waals surface area (Å²) in [6.07, 6.45) is 6.00. The molecule has 3 aliphatic rings. The maximum absolute atomic E-state index is 14.2. The van der Waals surface area contributed by atoms with Crippen molar-refractivity contribution in [2.45, 2.75) is 70.0 Å². The van der Waals surface area contributed by atoms with Crippen LogP contribution in [-0.4, -0.2) is 100 Å². The minimum atomic E-state index is -4.53. The van der Waals surface area contributed by atoms with Gasteiger partial charge in [-0.3, -0.25) is 9.88 Å². The molecule has 4 aromatic heterocycles. The number of fused-ring (bicyclic) bond motifs is 1. The summed E-state index contributed by atoms with van der Waals surface area (Å²) in [5.74, 6) is -0.0761. The van der Waals surface area contributed by atoms with E-state index in [0.29, 0.717) is 86.4 Å². The molecule has 4 aromatic rings. The number of aromatic amines is 1. The van der Waals surface area contributed by atoms with Crippen molar-refractivity contribution < 1.29 is 57.4 Å². The molecule has 3 fully saturated rings. The molecule has 0 bridgehead atoms. The van der Waals surface area contributed by atoms with Crippen LogP contribution in [0.1, 0.15) is 69.0 Å². The summed E-state index contributed by atoms with van der Waals surface area (Å²) >= 11 is 0. The van der Waals surface area contributed by atoms with Crippen LogP contribution in [0.25, 0.3) is 33.9 Å². The van der Waals surface area contributed by atoms with E-state index in [2.05, 4.69) is 36.6 Å². The summed E-state index contributed by atoms with van der Waals surface area (Å²) in [5, 5.41) is 10.9. The summed E-state index contributed by atoms with van der Waals surface area (Å²) in [7, 11) is 3.70. The fourth-order valence-corrected chi connectivity index (χ4v) is 7.85. The Morgan fingerprint density at radius 3 is 2.48 bits per heavy atom. The van der Waals surface area contributed by atoms with Gasteiger partial charge in [-0.15, -0.1) is 0 Å². The van der Waals surface area contributed by atoms with Crippen LogP contribution in [-0.2, 0) is 15.7 Å². The molecule has 5 heterocycles. The minimum Gasteiger partial charge on any atom is -0.550 e. The number of carboxylic acids is 1. The Balaban J connectivity index is 0.00000464. The van der Waals surface area contributed by atoms with Crippen molar-refractivity contribution in [1.82, 2.24) is 34.8 Å². The molecule has 52 heavy (non-hydrogen) atoms. The van der Waals surface area contributed by atoms with Gasteiger partial charge in [0.15, 0.2) is 11.5 Å². The second-order valence-corrected chi connectivity index (χ2v) is 14.5. The van der Waals surface area contributed by atoms with Crippen LogP contribution >= 0.6 is 0 Å². The zero-order valence-electron chi connectivity index (χ0n) is 30.2. The van der Waals surface area contributed by atoms with Gasteiger partial charge >= 0.3 is 35.7 Å². The molecular formula is C36H43F3N9NaO3. The number of anilines is 2. The Bertz CT molecular complexity index is 1880. The third kappa shape index (κ3) is 8.23. The van der Waals surface area contributed by atoms with Crippen molar-refractivity contribution in [3.8, 4) is 22.8 Å². The topological polar surface area (TPSA) is 139 Å². The zero-order chi connectivity index (χ0) is 35.9. The van der Waals surface area contributed by atoms with Crippen molar-refractivity contribution in [3.63, 3.8) is 0 Å². The van der Waals surface area contributed by atoms with Crippen LogP contribution in [0.15, 0.2) is 30.7 Å². The number of H-pyrrole nitrogens is 1. The first-order chi connectivity index (χ1) is 24.4. The number of halogens is 3. The molecule has 1 saturated heterocycles. The Morgan fingerprint density at radius 1 is 1.08 bits per heavy atom. The molecule has 1 atom stereocenters. The standard InChI is InChI=1S/C36H44F3N9O3.Na/c1-22-19-47(11-8-30(49)50)12-13-48(22)29-18-40-27(17-41-29)33-44-32-28(46(2)20-35(21-51-3)9-4-5-10-35)15-26(43-34(32)45-33)24-14-25(36(37,38)39)31(42-16-24)23-6-7-23;/h14-18,22-23H,4-13,19-21H2,1-3H3,(H,49,50)(H,43,44,45);/q;+1/p-1/t22-;/m1./s1. The van der Waals surface area contributed by atoms with Crippen molar-refractivity contribution >= 4 is 28.6 Å². The number of alkyl halides is 3. The second kappa shape index (κ2) is 15.5. The molecular weight excluding hydrogens is 686 g/mol. The summed E-state index contributed by atoms with van der Waals surface area (Å²) in [4.78, 5) is 43.9. The summed E-state index contributed by atoms with van der Waals surface area (Å²) < 4.78 is 48.4. The van der Waals surface area contributed by atoms with Crippen LogP contribution in [0.3, 0.4) is 0 Å². The fraction of sp³-hybridized carbons (Fsp3) is 0.556. The molecule has 0 spiro atoms.